The van der Waals surface area contributed by atoms with Gasteiger partial charge in [0.05, 0.1) is 11.7 Å². The van der Waals surface area contributed by atoms with Gasteiger partial charge in [0.15, 0.2) is 0 Å². The fraction of sp³-hybridized carbons (Fsp3) is 0.444. The highest BCUT2D eigenvalue weighted by atomic mass is 19.1. The maximum absolute atomic E-state index is 13.3. The van der Waals surface area contributed by atoms with Gasteiger partial charge in [-0.05, 0) is 31.0 Å². The maximum Gasteiger partial charge on any atom is 0.237 e. The van der Waals surface area contributed by atoms with Gasteiger partial charge in [0.1, 0.15) is 12.1 Å². The summed E-state index contributed by atoms with van der Waals surface area (Å²) in [6, 6.07) is 5.89. The summed E-state index contributed by atoms with van der Waals surface area (Å²) in [6.07, 6.45) is 3.39. The van der Waals surface area contributed by atoms with Crippen molar-refractivity contribution >= 4 is 5.91 Å². The van der Waals surface area contributed by atoms with Crippen LogP contribution in [-0.4, -0.2) is 23.5 Å². The molecule has 1 saturated heterocycles. The van der Waals surface area contributed by atoms with E-state index in [1.807, 2.05) is 0 Å². The zero-order valence-electron chi connectivity index (χ0n) is 13.9. The van der Waals surface area contributed by atoms with Crippen LogP contribution in [0.3, 0.4) is 0 Å². The summed E-state index contributed by atoms with van der Waals surface area (Å²) in [4.78, 5) is 16.5. The Morgan fingerprint density at radius 3 is 2.92 bits per heavy atom. The van der Waals surface area contributed by atoms with Crippen molar-refractivity contribution in [2.75, 3.05) is 6.54 Å². The molecule has 128 valence electrons. The number of benzene rings is 1. The van der Waals surface area contributed by atoms with E-state index < -0.39 is 0 Å². The van der Waals surface area contributed by atoms with Crippen molar-refractivity contribution in [2.24, 2.45) is 5.41 Å². The predicted octanol–water partition coefficient (Wildman–Crippen LogP) is 2.88. The smallest absolute Gasteiger partial charge is 0.237 e. The topological polar surface area (TPSA) is 67.2 Å². The molecule has 1 amide bonds. The van der Waals surface area contributed by atoms with Crippen LogP contribution in [0.15, 0.2) is 34.9 Å². The van der Waals surface area contributed by atoms with Gasteiger partial charge in [-0.2, -0.15) is 0 Å². The number of hydrogen-bond acceptors (Lipinski definition) is 4. The van der Waals surface area contributed by atoms with E-state index >= 15 is 0 Å². The van der Waals surface area contributed by atoms with Crippen LogP contribution >= 0.6 is 0 Å². The minimum absolute atomic E-state index is 0.0348. The summed E-state index contributed by atoms with van der Waals surface area (Å²) in [5.74, 6) is 0.0793. The lowest BCUT2D eigenvalue weighted by Crippen LogP contribution is -2.45. The average Bonchev–Trinajstić information content (AvgIpc) is 3.18. The first-order valence-corrected chi connectivity index (χ1v) is 8.29. The molecule has 6 heteroatoms. The minimum atomic E-state index is -0.330. The Morgan fingerprint density at radius 1 is 1.42 bits per heavy atom. The molecule has 1 aromatic heterocycles. The van der Waals surface area contributed by atoms with Crippen molar-refractivity contribution in [2.45, 2.75) is 39.3 Å². The first-order chi connectivity index (χ1) is 11.6. The first-order valence-electron chi connectivity index (χ1n) is 8.29. The van der Waals surface area contributed by atoms with Crippen molar-refractivity contribution in [1.82, 2.24) is 15.6 Å². The van der Waals surface area contributed by atoms with E-state index in [-0.39, 0.29) is 23.2 Å². The third-order valence-corrected chi connectivity index (χ3v) is 5.01. The number of nitrogens with zero attached hydrogens (tertiary/aromatic N) is 1. The fourth-order valence-corrected chi connectivity index (χ4v) is 3.31. The van der Waals surface area contributed by atoms with Crippen molar-refractivity contribution in [3.8, 4) is 11.5 Å². The zero-order valence-corrected chi connectivity index (χ0v) is 13.9. The SMILES string of the molecule is CCC1(CC)CNC(=O)C1NCc1coc(-c2cccc(F)c2)n1. The van der Waals surface area contributed by atoms with Crippen molar-refractivity contribution in [3.63, 3.8) is 0 Å². The summed E-state index contributed by atoms with van der Waals surface area (Å²) in [6.45, 7) is 5.34. The molecule has 2 heterocycles. The van der Waals surface area contributed by atoms with Crippen LogP contribution in [0.5, 0.6) is 0 Å². The molecule has 2 aromatic rings. The second kappa shape index (κ2) is 6.73. The van der Waals surface area contributed by atoms with Gasteiger partial charge < -0.3 is 9.73 Å². The van der Waals surface area contributed by atoms with Crippen LogP contribution < -0.4 is 10.6 Å². The molecule has 1 atom stereocenters. The van der Waals surface area contributed by atoms with Gasteiger partial charge in [0.25, 0.3) is 0 Å². The van der Waals surface area contributed by atoms with Crippen LogP contribution in [0.25, 0.3) is 11.5 Å². The lowest BCUT2D eigenvalue weighted by Gasteiger charge is -2.31. The van der Waals surface area contributed by atoms with Gasteiger partial charge in [-0.1, -0.05) is 19.9 Å². The number of nitrogens with one attached hydrogen (secondary N) is 2. The Kier molecular flexibility index (Phi) is 4.66. The molecule has 0 bridgehead atoms. The second-order valence-electron chi connectivity index (χ2n) is 6.26. The lowest BCUT2D eigenvalue weighted by molar-refractivity contribution is -0.122. The standard InChI is InChI=1S/C18H22FN3O2/c1-3-18(4-2)11-21-16(23)15(18)20-9-14-10-24-17(22-14)12-6-5-7-13(19)8-12/h5-8,10,15,20H,3-4,9,11H2,1-2H3,(H,21,23). The highest BCUT2D eigenvalue weighted by Gasteiger charge is 2.45. The fourth-order valence-electron chi connectivity index (χ4n) is 3.31. The van der Waals surface area contributed by atoms with Crippen molar-refractivity contribution in [1.29, 1.82) is 0 Å². The van der Waals surface area contributed by atoms with Gasteiger partial charge in [0.2, 0.25) is 11.8 Å². The van der Waals surface area contributed by atoms with Gasteiger partial charge in [0, 0.05) is 24.1 Å². The molecule has 1 fully saturated rings. The summed E-state index contributed by atoms with van der Waals surface area (Å²) >= 11 is 0. The van der Waals surface area contributed by atoms with E-state index in [0.717, 1.165) is 12.8 Å². The van der Waals surface area contributed by atoms with Crippen molar-refractivity contribution in [3.05, 3.63) is 42.0 Å². The largest absolute Gasteiger partial charge is 0.444 e. The molecule has 0 radical (unpaired) electrons. The Bertz CT molecular complexity index is 725. The number of oxazole rings is 1. The molecule has 3 rings (SSSR count). The van der Waals surface area contributed by atoms with Gasteiger partial charge in [-0.3, -0.25) is 10.1 Å². The Labute approximate surface area is 140 Å². The van der Waals surface area contributed by atoms with Crippen LogP contribution in [0.4, 0.5) is 4.39 Å². The van der Waals surface area contributed by atoms with Crippen LogP contribution in [0.1, 0.15) is 32.4 Å². The molecule has 1 unspecified atom stereocenters. The van der Waals surface area contributed by atoms with Gasteiger partial charge in [-0.25, -0.2) is 9.37 Å². The average molecular weight is 331 g/mol. The Hall–Kier alpha value is -2.21. The number of carbonyl (C=O) groups excluding carboxylic acids is 1. The van der Waals surface area contributed by atoms with Crippen LogP contribution in [0.2, 0.25) is 0 Å². The monoisotopic (exact) mass is 331 g/mol. The normalized spacial score (nSPS) is 19.5. The zero-order chi connectivity index (χ0) is 17.2. The molecule has 1 aliphatic heterocycles. The summed E-state index contributed by atoms with van der Waals surface area (Å²) in [5.41, 5.74) is 1.22. The molecule has 0 spiro atoms. The molecular formula is C18H22FN3O2. The summed E-state index contributed by atoms with van der Waals surface area (Å²) < 4.78 is 18.7. The van der Waals surface area contributed by atoms with E-state index in [0.29, 0.717) is 30.2 Å². The van der Waals surface area contributed by atoms with Crippen molar-refractivity contribution < 1.29 is 13.6 Å². The van der Waals surface area contributed by atoms with E-state index in [9.17, 15) is 9.18 Å². The van der Waals surface area contributed by atoms with E-state index in [2.05, 4.69) is 29.5 Å². The maximum atomic E-state index is 13.3. The Morgan fingerprint density at radius 2 is 2.21 bits per heavy atom. The van der Waals surface area contributed by atoms with E-state index in [1.54, 1.807) is 18.4 Å². The second-order valence-corrected chi connectivity index (χ2v) is 6.26. The number of hydrogen-bond donors (Lipinski definition) is 2. The number of rotatable bonds is 6. The third-order valence-electron chi connectivity index (χ3n) is 5.01. The van der Waals surface area contributed by atoms with E-state index in [4.69, 9.17) is 4.42 Å². The molecule has 5 nitrogen and oxygen atoms in total. The highest BCUT2D eigenvalue weighted by Crippen LogP contribution is 2.34. The molecule has 2 N–H and O–H groups in total. The lowest BCUT2D eigenvalue weighted by atomic mass is 9.77. The predicted molar refractivity (Wildman–Crippen MR) is 88.5 cm³/mol. The Balaban J connectivity index is 1.70. The quantitative estimate of drug-likeness (QED) is 0.854. The molecule has 1 aromatic carbocycles. The third kappa shape index (κ3) is 3.06. The van der Waals surface area contributed by atoms with E-state index in [1.165, 1.54) is 12.1 Å². The highest BCUT2D eigenvalue weighted by molar-refractivity contribution is 5.85. The molecule has 24 heavy (non-hydrogen) atoms. The molecule has 1 aliphatic rings. The van der Waals surface area contributed by atoms with Gasteiger partial charge in [-0.15, -0.1) is 0 Å². The molecular weight excluding hydrogens is 309 g/mol. The van der Waals surface area contributed by atoms with Crippen LogP contribution in [-0.2, 0) is 11.3 Å². The first kappa shape index (κ1) is 16.6. The van der Waals surface area contributed by atoms with Crippen LogP contribution in [0, 0.1) is 11.2 Å². The molecule has 0 aliphatic carbocycles. The minimum Gasteiger partial charge on any atom is -0.444 e. The molecule has 0 saturated carbocycles. The number of aromatic nitrogens is 1. The summed E-state index contributed by atoms with van der Waals surface area (Å²) in [7, 11) is 0. The number of carbonyl (C=O) groups is 1. The number of halogens is 1. The van der Waals surface area contributed by atoms with Gasteiger partial charge >= 0.3 is 0 Å². The number of amides is 1. The summed E-state index contributed by atoms with van der Waals surface area (Å²) in [5, 5.41) is 6.26.